The van der Waals surface area contributed by atoms with Crippen LogP contribution in [0.1, 0.15) is 31.5 Å². The summed E-state index contributed by atoms with van der Waals surface area (Å²) in [5.74, 6) is 0. The monoisotopic (exact) mass is 241 g/mol. The van der Waals surface area contributed by atoms with Crippen LogP contribution in [-0.4, -0.2) is 37.1 Å². The summed E-state index contributed by atoms with van der Waals surface area (Å²) in [4.78, 5) is 6.82. The van der Waals surface area contributed by atoms with Crippen molar-refractivity contribution < 1.29 is 0 Å². The van der Waals surface area contributed by atoms with E-state index in [1.165, 1.54) is 5.01 Å². The zero-order valence-electron chi connectivity index (χ0n) is 11.0. The third-order valence-corrected chi connectivity index (χ3v) is 3.55. The number of hydrogen-bond acceptors (Lipinski definition) is 4. The maximum absolute atomic E-state index is 4.64. The van der Waals surface area contributed by atoms with Gasteiger partial charge in [0.25, 0.3) is 0 Å². The summed E-state index contributed by atoms with van der Waals surface area (Å²) in [6.45, 7) is 9.56. The lowest BCUT2D eigenvalue weighted by Gasteiger charge is -2.13. The van der Waals surface area contributed by atoms with Gasteiger partial charge in [-0.3, -0.25) is 0 Å². The molecule has 0 aliphatic heterocycles. The quantitative estimate of drug-likeness (QED) is 0.800. The van der Waals surface area contributed by atoms with Gasteiger partial charge in [0.05, 0.1) is 10.7 Å². The number of hydrogen-bond donors (Lipinski definition) is 1. The molecule has 0 spiro atoms. The van der Waals surface area contributed by atoms with Gasteiger partial charge in [0.2, 0.25) is 0 Å². The van der Waals surface area contributed by atoms with Gasteiger partial charge in [0, 0.05) is 30.4 Å². The van der Waals surface area contributed by atoms with E-state index in [2.05, 4.69) is 55.4 Å². The lowest BCUT2D eigenvalue weighted by molar-refractivity contribution is 0.399. The molecular formula is C12H23N3S. The predicted octanol–water partition coefficient (Wildman–Crippen LogP) is 2.09. The summed E-state index contributed by atoms with van der Waals surface area (Å²) in [7, 11) is 4.17. The summed E-state index contributed by atoms with van der Waals surface area (Å²) in [5, 5.41) is 6.78. The van der Waals surface area contributed by atoms with E-state index < -0.39 is 0 Å². The van der Waals surface area contributed by atoms with E-state index in [4.69, 9.17) is 0 Å². The van der Waals surface area contributed by atoms with Gasteiger partial charge < -0.3 is 10.2 Å². The number of likely N-dealkylation sites (N-methyl/N-ethyl adjacent to an activating group) is 1. The Balaban J connectivity index is 2.36. The van der Waals surface area contributed by atoms with Gasteiger partial charge >= 0.3 is 0 Å². The average Bonchev–Trinajstić information content (AvgIpc) is 2.59. The molecular weight excluding hydrogens is 218 g/mol. The van der Waals surface area contributed by atoms with Gasteiger partial charge in [0.15, 0.2) is 0 Å². The first kappa shape index (κ1) is 13.6. The van der Waals surface area contributed by atoms with Crippen LogP contribution in [0.3, 0.4) is 0 Å². The fourth-order valence-electron chi connectivity index (χ4n) is 1.25. The lowest BCUT2D eigenvalue weighted by atomic mass is 9.98. The van der Waals surface area contributed by atoms with Gasteiger partial charge in [-0.2, -0.15) is 0 Å². The number of nitrogens with zero attached hydrogens (tertiary/aromatic N) is 2. The Morgan fingerprint density at radius 2 is 2.06 bits per heavy atom. The maximum atomic E-state index is 4.64. The highest BCUT2D eigenvalue weighted by Gasteiger charge is 2.17. The molecule has 0 atom stereocenters. The second kappa shape index (κ2) is 5.75. The SMILES string of the molecule is CN(C)CCNCc1csc(C(C)(C)C)n1. The van der Waals surface area contributed by atoms with Gasteiger partial charge in [-0.25, -0.2) is 4.98 Å². The van der Waals surface area contributed by atoms with E-state index in [9.17, 15) is 0 Å². The molecule has 92 valence electrons. The molecule has 0 bridgehead atoms. The third-order valence-electron chi connectivity index (χ3n) is 2.24. The van der Waals surface area contributed by atoms with Crippen molar-refractivity contribution in [2.24, 2.45) is 0 Å². The summed E-state index contributed by atoms with van der Waals surface area (Å²) in [6.07, 6.45) is 0. The maximum Gasteiger partial charge on any atom is 0.0982 e. The fraction of sp³-hybridized carbons (Fsp3) is 0.750. The van der Waals surface area contributed by atoms with Crippen molar-refractivity contribution in [3.63, 3.8) is 0 Å². The van der Waals surface area contributed by atoms with Crippen LogP contribution in [0.25, 0.3) is 0 Å². The molecule has 1 rings (SSSR count). The Bertz CT molecular complexity index is 312. The molecule has 1 aromatic rings. The molecule has 4 heteroatoms. The molecule has 0 aliphatic rings. The Morgan fingerprint density at radius 3 is 2.56 bits per heavy atom. The Kier molecular flexibility index (Phi) is 4.89. The molecule has 0 amide bonds. The number of nitrogens with one attached hydrogen (secondary N) is 1. The normalized spacial score (nSPS) is 12.4. The highest BCUT2D eigenvalue weighted by atomic mass is 32.1. The average molecular weight is 241 g/mol. The van der Waals surface area contributed by atoms with Crippen LogP contribution < -0.4 is 5.32 Å². The Labute approximate surface area is 103 Å². The van der Waals surface area contributed by atoms with Crippen molar-refractivity contribution in [3.05, 3.63) is 16.1 Å². The zero-order chi connectivity index (χ0) is 12.2. The molecule has 0 unspecified atom stereocenters. The van der Waals surface area contributed by atoms with Crippen molar-refractivity contribution >= 4 is 11.3 Å². The van der Waals surface area contributed by atoms with Crippen LogP contribution in [0.15, 0.2) is 5.38 Å². The second-order valence-corrected chi connectivity index (χ2v) is 6.23. The first-order valence-corrected chi connectivity index (χ1v) is 6.58. The third kappa shape index (κ3) is 4.60. The Morgan fingerprint density at radius 1 is 1.38 bits per heavy atom. The number of aromatic nitrogens is 1. The molecule has 0 saturated carbocycles. The predicted molar refractivity (Wildman–Crippen MR) is 71.1 cm³/mol. The van der Waals surface area contributed by atoms with E-state index in [-0.39, 0.29) is 5.41 Å². The Hall–Kier alpha value is -0.450. The van der Waals surface area contributed by atoms with Gasteiger partial charge in [0.1, 0.15) is 0 Å². The molecule has 1 aromatic heterocycles. The fourth-order valence-corrected chi connectivity index (χ4v) is 2.16. The summed E-state index contributed by atoms with van der Waals surface area (Å²) in [5.41, 5.74) is 1.33. The standard InChI is InChI=1S/C12H23N3S/c1-12(2,3)11-14-10(9-16-11)8-13-6-7-15(4)5/h9,13H,6-8H2,1-5H3. The lowest BCUT2D eigenvalue weighted by Crippen LogP contribution is -2.26. The second-order valence-electron chi connectivity index (χ2n) is 5.37. The molecule has 3 nitrogen and oxygen atoms in total. The molecule has 0 saturated heterocycles. The van der Waals surface area contributed by atoms with Crippen molar-refractivity contribution in [3.8, 4) is 0 Å². The van der Waals surface area contributed by atoms with Gasteiger partial charge in [-0.15, -0.1) is 11.3 Å². The van der Waals surface area contributed by atoms with E-state index in [1.807, 2.05) is 0 Å². The highest BCUT2D eigenvalue weighted by Crippen LogP contribution is 2.25. The first-order chi connectivity index (χ1) is 7.39. The summed E-state index contributed by atoms with van der Waals surface area (Å²) >= 11 is 1.76. The van der Waals surface area contributed by atoms with Crippen LogP contribution in [0.2, 0.25) is 0 Å². The van der Waals surface area contributed by atoms with Crippen LogP contribution in [0.4, 0.5) is 0 Å². The molecule has 1 N–H and O–H groups in total. The van der Waals surface area contributed by atoms with E-state index in [0.717, 1.165) is 25.3 Å². The summed E-state index contributed by atoms with van der Waals surface area (Å²) < 4.78 is 0. The minimum atomic E-state index is 0.173. The minimum Gasteiger partial charge on any atom is -0.310 e. The largest absolute Gasteiger partial charge is 0.310 e. The summed E-state index contributed by atoms with van der Waals surface area (Å²) in [6, 6.07) is 0. The minimum absolute atomic E-state index is 0.173. The van der Waals surface area contributed by atoms with Crippen LogP contribution >= 0.6 is 11.3 Å². The van der Waals surface area contributed by atoms with Crippen LogP contribution in [0, 0.1) is 0 Å². The van der Waals surface area contributed by atoms with Crippen LogP contribution in [0.5, 0.6) is 0 Å². The van der Waals surface area contributed by atoms with Crippen LogP contribution in [-0.2, 0) is 12.0 Å². The number of rotatable bonds is 5. The van der Waals surface area contributed by atoms with Crippen molar-refractivity contribution in [1.29, 1.82) is 0 Å². The topological polar surface area (TPSA) is 28.2 Å². The van der Waals surface area contributed by atoms with Crippen molar-refractivity contribution in [2.75, 3.05) is 27.2 Å². The molecule has 0 aliphatic carbocycles. The molecule has 16 heavy (non-hydrogen) atoms. The molecule has 0 fully saturated rings. The molecule has 0 aromatic carbocycles. The molecule has 0 radical (unpaired) electrons. The van der Waals surface area contributed by atoms with Gasteiger partial charge in [-0.05, 0) is 14.1 Å². The highest BCUT2D eigenvalue weighted by molar-refractivity contribution is 7.09. The molecule has 1 heterocycles. The van der Waals surface area contributed by atoms with Crippen molar-refractivity contribution in [2.45, 2.75) is 32.7 Å². The van der Waals surface area contributed by atoms with E-state index in [0.29, 0.717) is 0 Å². The van der Waals surface area contributed by atoms with Crippen molar-refractivity contribution in [1.82, 2.24) is 15.2 Å². The van der Waals surface area contributed by atoms with Gasteiger partial charge in [-0.1, -0.05) is 20.8 Å². The van der Waals surface area contributed by atoms with E-state index >= 15 is 0 Å². The van der Waals surface area contributed by atoms with E-state index in [1.54, 1.807) is 11.3 Å². The smallest absolute Gasteiger partial charge is 0.0982 e. The first-order valence-electron chi connectivity index (χ1n) is 5.70. The number of thiazole rings is 1. The zero-order valence-corrected chi connectivity index (χ0v) is 11.8.